The van der Waals surface area contributed by atoms with Gasteiger partial charge in [0.05, 0.1) is 24.9 Å². The first kappa shape index (κ1) is 19.8. The molecule has 2 aromatic rings. The summed E-state index contributed by atoms with van der Waals surface area (Å²) in [6.07, 6.45) is 4.98. The van der Waals surface area contributed by atoms with Crippen molar-refractivity contribution in [3.8, 4) is 11.5 Å². The molecule has 2 saturated heterocycles. The number of hydrogen-bond donors (Lipinski definition) is 1. The first-order valence-electron chi connectivity index (χ1n) is 11.3. The minimum atomic E-state index is 0.443. The molecule has 2 aliphatic heterocycles. The molecule has 1 aliphatic carbocycles. The van der Waals surface area contributed by atoms with Crippen molar-refractivity contribution in [1.82, 2.24) is 19.8 Å². The average Bonchev–Trinajstić information content (AvgIpc) is 3.56. The number of benzene rings is 1. The van der Waals surface area contributed by atoms with Crippen LogP contribution in [-0.2, 0) is 0 Å². The molecule has 3 fully saturated rings. The normalized spacial score (nSPS) is 21.6. The van der Waals surface area contributed by atoms with E-state index in [1.807, 2.05) is 13.1 Å². The van der Waals surface area contributed by atoms with Crippen molar-refractivity contribution in [3.63, 3.8) is 0 Å². The Bertz CT molecular complexity index is 902. The van der Waals surface area contributed by atoms with E-state index in [2.05, 4.69) is 28.2 Å². The lowest BCUT2D eigenvalue weighted by Crippen LogP contribution is -2.50. The number of piperidine rings is 1. The average molecular weight is 412 g/mol. The number of methoxy groups -OCH3 is 1. The summed E-state index contributed by atoms with van der Waals surface area (Å²) in [5, 5.41) is 4.21. The number of nitrogens with one attached hydrogen (secondary N) is 1. The highest BCUT2D eigenvalue weighted by Gasteiger charge is 2.38. The van der Waals surface area contributed by atoms with E-state index in [1.165, 1.54) is 12.8 Å². The second kappa shape index (κ2) is 8.19. The number of nitrogens with zero attached hydrogens (tertiary/aromatic N) is 4. The third-order valence-corrected chi connectivity index (χ3v) is 6.86. The predicted octanol–water partition coefficient (Wildman–Crippen LogP) is 2.96. The number of aromatic nitrogens is 2. The van der Waals surface area contributed by atoms with Crippen LogP contribution in [-0.4, -0.2) is 79.8 Å². The van der Waals surface area contributed by atoms with Crippen LogP contribution in [0.1, 0.15) is 37.3 Å². The summed E-state index contributed by atoms with van der Waals surface area (Å²) in [5.41, 5.74) is 2.05. The van der Waals surface area contributed by atoms with Crippen molar-refractivity contribution in [2.45, 2.75) is 37.6 Å². The standard InChI is InChI=1S/C23H33N5O2/c1-24-23-25-19-11-21(30-14-15-12-28(13-15)17-4-5-17)20(29-3)10-18(19)22(26-23)16-6-8-27(2)9-7-16/h10-11,15-17H,4-9,12-14H2,1-3H3,(H,24,25,26). The van der Waals surface area contributed by atoms with Crippen LogP contribution in [0.3, 0.4) is 0 Å². The second-order valence-corrected chi connectivity index (χ2v) is 9.14. The van der Waals surface area contributed by atoms with Crippen molar-refractivity contribution >= 4 is 16.9 Å². The van der Waals surface area contributed by atoms with Crippen LogP contribution in [0.2, 0.25) is 0 Å². The highest BCUT2D eigenvalue weighted by molar-refractivity contribution is 5.86. The summed E-state index contributed by atoms with van der Waals surface area (Å²) in [6.45, 7) is 5.25. The van der Waals surface area contributed by atoms with Crippen molar-refractivity contribution in [2.75, 3.05) is 59.3 Å². The Morgan fingerprint density at radius 3 is 2.50 bits per heavy atom. The van der Waals surface area contributed by atoms with Crippen molar-refractivity contribution in [1.29, 1.82) is 0 Å². The number of anilines is 1. The molecule has 1 aromatic heterocycles. The van der Waals surface area contributed by atoms with E-state index in [0.29, 0.717) is 17.8 Å². The van der Waals surface area contributed by atoms with E-state index in [9.17, 15) is 0 Å². The Morgan fingerprint density at radius 1 is 1.07 bits per heavy atom. The van der Waals surface area contributed by atoms with Gasteiger partial charge in [0.25, 0.3) is 0 Å². The summed E-state index contributed by atoms with van der Waals surface area (Å²) in [6, 6.07) is 4.97. The highest BCUT2D eigenvalue weighted by Crippen LogP contribution is 2.38. The minimum Gasteiger partial charge on any atom is -0.493 e. The van der Waals surface area contributed by atoms with Gasteiger partial charge in [0.15, 0.2) is 11.5 Å². The molecule has 7 heteroatoms. The first-order chi connectivity index (χ1) is 14.6. The summed E-state index contributed by atoms with van der Waals surface area (Å²) in [7, 11) is 5.78. The van der Waals surface area contributed by atoms with E-state index in [-0.39, 0.29) is 0 Å². The van der Waals surface area contributed by atoms with E-state index in [4.69, 9.17) is 19.4 Å². The first-order valence-corrected chi connectivity index (χ1v) is 11.3. The zero-order chi connectivity index (χ0) is 20.7. The fraction of sp³-hybridized carbons (Fsp3) is 0.652. The molecule has 3 aliphatic rings. The maximum Gasteiger partial charge on any atom is 0.223 e. The highest BCUT2D eigenvalue weighted by atomic mass is 16.5. The Labute approximate surface area is 178 Å². The Hall–Kier alpha value is -2.12. The zero-order valence-electron chi connectivity index (χ0n) is 18.4. The quantitative estimate of drug-likeness (QED) is 0.751. The molecule has 7 nitrogen and oxygen atoms in total. The van der Waals surface area contributed by atoms with Crippen molar-refractivity contribution < 1.29 is 9.47 Å². The summed E-state index contributed by atoms with van der Waals surface area (Å²) in [4.78, 5) is 14.5. The number of hydrogen-bond acceptors (Lipinski definition) is 7. The molecule has 30 heavy (non-hydrogen) atoms. The van der Waals surface area contributed by atoms with Crippen LogP contribution < -0.4 is 14.8 Å². The molecular weight excluding hydrogens is 378 g/mol. The van der Waals surface area contributed by atoms with Crippen LogP contribution in [0.4, 0.5) is 5.95 Å². The second-order valence-electron chi connectivity index (χ2n) is 9.14. The fourth-order valence-corrected chi connectivity index (χ4v) is 4.80. The van der Waals surface area contributed by atoms with E-state index < -0.39 is 0 Å². The van der Waals surface area contributed by atoms with Gasteiger partial charge in [0.1, 0.15) is 0 Å². The molecule has 0 unspecified atom stereocenters. The lowest BCUT2D eigenvalue weighted by molar-refractivity contribution is 0.0546. The Kier molecular flexibility index (Phi) is 5.41. The Balaban J connectivity index is 1.39. The van der Waals surface area contributed by atoms with Crippen LogP contribution >= 0.6 is 0 Å². The van der Waals surface area contributed by atoms with Gasteiger partial charge in [-0.3, -0.25) is 4.90 Å². The number of fused-ring (bicyclic) bond motifs is 1. The van der Waals surface area contributed by atoms with Crippen LogP contribution in [0.15, 0.2) is 12.1 Å². The summed E-state index contributed by atoms with van der Waals surface area (Å²) in [5.74, 6) is 3.28. The van der Waals surface area contributed by atoms with Crippen LogP contribution in [0, 0.1) is 5.92 Å². The Morgan fingerprint density at radius 2 is 1.83 bits per heavy atom. The molecule has 5 rings (SSSR count). The van der Waals surface area contributed by atoms with Gasteiger partial charge in [-0.2, -0.15) is 0 Å². The lowest BCUT2D eigenvalue weighted by atomic mass is 9.91. The fourth-order valence-electron chi connectivity index (χ4n) is 4.80. The molecule has 3 heterocycles. The molecule has 162 valence electrons. The zero-order valence-corrected chi connectivity index (χ0v) is 18.4. The van der Waals surface area contributed by atoms with Crippen molar-refractivity contribution in [2.24, 2.45) is 5.92 Å². The van der Waals surface area contributed by atoms with E-state index in [0.717, 1.165) is 79.8 Å². The molecular formula is C23H33N5O2. The molecule has 0 bridgehead atoms. The maximum atomic E-state index is 6.22. The van der Waals surface area contributed by atoms with E-state index >= 15 is 0 Å². The van der Waals surface area contributed by atoms with Gasteiger partial charge in [-0.25, -0.2) is 9.97 Å². The van der Waals surface area contributed by atoms with E-state index in [1.54, 1.807) is 7.11 Å². The lowest BCUT2D eigenvalue weighted by Gasteiger charge is -2.39. The predicted molar refractivity (Wildman–Crippen MR) is 119 cm³/mol. The summed E-state index contributed by atoms with van der Waals surface area (Å²) >= 11 is 0. The molecule has 0 spiro atoms. The largest absolute Gasteiger partial charge is 0.493 e. The van der Waals surface area contributed by atoms with Crippen LogP contribution in [0.5, 0.6) is 11.5 Å². The maximum absolute atomic E-state index is 6.22. The number of likely N-dealkylation sites (tertiary alicyclic amines) is 2. The molecule has 0 amide bonds. The number of ether oxygens (including phenoxy) is 2. The molecule has 1 aromatic carbocycles. The SMILES string of the molecule is CNc1nc(C2CCN(C)CC2)c2cc(OC)c(OCC3CN(C4CC4)C3)cc2n1. The topological polar surface area (TPSA) is 62.8 Å². The molecule has 0 radical (unpaired) electrons. The molecule has 1 N–H and O–H groups in total. The number of rotatable bonds is 7. The van der Waals surface area contributed by atoms with Gasteiger partial charge >= 0.3 is 0 Å². The van der Waals surface area contributed by atoms with Crippen molar-refractivity contribution in [3.05, 3.63) is 17.8 Å². The minimum absolute atomic E-state index is 0.443. The van der Waals surface area contributed by atoms with Gasteiger partial charge in [-0.15, -0.1) is 0 Å². The van der Waals surface area contributed by atoms with Gasteiger partial charge in [-0.05, 0) is 51.9 Å². The summed E-state index contributed by atoms with van der Waals surface area (Å²) < 4.78 is 11.9. The smallest absolute Gasteiger partial charge is 0.223 e. The molecule has 1 saturated carbocycles. The third-order valence-electron chi connectivity index (χ3n) is 6.86. The van der Waals surface area contributed by atoms with Gasteiger partial charge in [-0.1, -0.05) is 0 Å². The third kappa shape index (κ3) is 3.93. The van der Waals surface area contributed by atoms with Gasteiger partial charge in [0, 0.05) is 49.5 Å². The van der Waals surface area contributed by atoms with Gasteiger partial charge in [0.2, 0.25) is 5.95 Å². The monoisotopic (exact) mass is 411 g/mol. The molecule has 0 atom stereocenters. The van der Waals surface area contributed by atoms with Gasteiger partial charge < -0.3 is 19.7 Å². The van der Waals surface area contributed by atoms with Crippen LogP contribution in [0.25, 0.3) is 10.9 Å².